The first-order valence-corrected chi connectivity index (χ1v) is 6.14. The van der Waals surface area contributed by atoms with E-state index in [1.165, 1.54) is 11.6 Å². The predicted molar refractivity (Wildman–Crippen MR) is 82.0 cm³/mol. The molecule has 0 bridgehead atoms. The van der Waals surface area contributed by atoms with Crippen molar-refractivity contribution < 1.29 is 5.21 Å². The maximum atomic E-state index is 8.82. The summed E-state index contributed by atoms with van der Waals surface area (Å²) in [6.07, 6.45) is 1.47. The molecule has 100 valence electrons. The maximum Gasteiger partial charge on any atom is 0.0754 e. The first-order chi connectivity index (χ1) is 9.06. The summed E-state index contributed by atoms with van der Waals surface area (Å²) in [7, 11) is 8.05. The minimum Gasteiger partial charge on any atom is -0.411 e. The molecule has 19 heavy (non-hydrogen) atoms. The molecule has 4 heteroatoms. The van der Waals surface area contributed by atoms with Gasteiger partial charge in [0.05, 0.1) is 11.9 Å². The van der Waals surface area contributed by atoms with E-state index < -0.39 is 0 Å². The van der Waals surface area contributed by atoms with Crippen molar-refractivity contribution in [3.63, 3.8) is 0 Å². The van der Waals surface area contributed by atoms with Crippen LogP contribution in [0.2, 0.25) is 0 Å². The highest BCUT2D eigenvalue weighted by atomic mass is 16.4. The van der Waals surface area contributed by atoms with E-state index in [-0.39, 0.29) is 0 Å². The Morgan fingerprint density at radius 2 is 1.74 bits per heavy atom. The predicted octanol–water partition coefficient (Wildman–Crippen LogP) is 2.78. The number of hydrogen-bond acceptors (Lipinski definition) is 4. The van der Waals surface area contributed by atoms with E-state index in [1.54, 1.807) is 0 Å². The monoisotopic (exact) mass is 257 g/mol. The van der Waals surface area contributed by atoms with Crippen LogP contribution in [0.25, 0.3) is 10.8 Å². The van der Waals surface area contributed by atoms with E-state index in [2.05, 4.69) is 28.3 Å². The Labute approximate surface area is 113 Å². The number of hydrogen-bond donors (Lipinski definition) is 1. The van der Waals surface area contributed by atoms with E-state index in [1.807, 2.05) is 45.2 Å². The summed E-state index contributed by atoms with van der Waals surface area (Å²) in [5, 5.41) is 14.3. The van der Waals surface area contributed by atoms with E-state index in [4.69, 9.17) is 5.21 Å². The van der Waals surface area contributed by atoms with Crippen LogP contribution in [-0.2, 0) is 0 Å². The Hall–Kier alpha value is -2.23. The fourth-order valence-electron chi connectivity index (χ4n) is 2.38. The molecule has 0 saturated carbocycles. The van der Waals surface area contributed by atoms with Crippen LogP contribution in [0.4, 0.5) is 11.4 Å². The molecule has 0 spiro atoms. The Morgan fingerprint density at radius 1 is 1.00 bits per heavy atom. The minimum absolute atomic E-state index is 0.898. The number of oxime groups is 1. The molecule has 2 rings (SSSR count). The fourth-order valence-corrected chi connectivity index (χ4v) is 2.38. The van der Waals surface area contributed by atoms with Crippen LogP contribution in [0, 0.1) is 0 Å². The van der Waals surface area contributed by atoms with Crippen molar-refractivity contribution in [3.8, 4) is 0 Å². The number of fused-ring (bicyclic) bond motifs is 1. The molecule has 2 aromatic rings. The third-order valence-corrected chi connectivity index (χ3v) is 3.15. The molecule has 0 fully saturated rings. The van der Waals surface area contributed by atoms with Gasteiger partial charge in [0.15, 0.2) is 0 Å². The van der Waals surface area contributed by atoms with Crippen LogP contribution in [0.3, 0.4) is 0 Å². The van der Waals surface area contributed by atoms with Gasteiger partial charge in [0.2, 0.25) is 0 Å². The molecule has 0 amide bonds. The van der Waals surface area contributed by atoms with Crippen LogP contribution < -0.4 is 9.80 Å². The van der Waals surface area contributed by atoms with Gasteiger partial charge in [-0.15, -0.1) is 0 Å². The van der Waals surface area contributed by atoms with Gasteiger partial charge < -0.3 is 15.0 Å². The SMILES string of the molecule is CN(C)c1cccc2ccc(/C=N/O)c(N(C)C)c12. The third-order valence-electron chi connectivity index (χ3n) is 3.15. The van der Waals surface area contributed by atoms with Gasteiger partial charge in [-0.3, -0.25) is 0 Å². The lowest BCUT2D eigenvalue weighted by atomic mass is 10.0. The second-order valence-electron chi connectivity index (χ2n) is 4.91. The highest BCUT2D eigenvalue weighted by molar-refractivity contribution is 6.09. The summed E-state index contributed by atoms with van der Waals surface area (Å²) in [6.45, 7) is 0. The molecule has 0 aliphatic heterocycles. The van der Waals surface area contributed by atoms with E-state index >= 15 is 0 Å². The molecule has 0 aromatic heterocycles. The highest BCUT2D eigenvalue weighted by Crippen LogP contribution is 2.35. The Morgan fingerprint density at radius 3 is 2.32 bits per heavy atom. The zero-order chi connectivity index (χ0) is 14.0. The van der Waals surface area contributed by atoms with Crippen LogP contribution in [0.15, 0.2) is 35.5 Å². The average Bonchev–Trinajstić information content (AvgIpc) is 2.37. The van der Waals surface area contributed by atoms with Crippen molar-refractivity contribution in [3.05, 3.63) is 35.9 Å². The number of benzene rings is 2. The van der Waals surface area contributed by atoms with Gasteiger partial charge >= 0.3 is 0 Å². The second-order valence-corrected chi connectivity index (χ2v) is 4.91. The molecule has 2 aromatic carbocycles. The smallest absolute Gasteiger partial charge is 0.0754 e. The lowest BCUT2D eigenvalue weighted by Crippen LogP contribution is -2.15. The summed E-state index contributed by atoms with van der Waals surface area (Å²) < 4.78 is 0. The molecule has 1 N–H and O–H groups in total. The zero-order valence-corrected chi connectivity index (χ0v) is 11.8. The zero-order valence-electron chi connectivity index (χ0n) is 11.8. The van der Waals surface area contributed by atoms with Crippen LogP contribution in [0.5, 0.6) is 0 Å². The number of anilines is 2. The van der Waals surface area contributed by atoms with E-state index in [0.29, 0.717) is 0 Å². The van der Waals surface area contributed by atoms with Crippen molar-refractivity contribution >= 4 is 28.4 Å². The van der Waals surface area contributed by atoms with Crippen molar-refractivity contribution in [2.75, 3.05) is 38.0 Å². The van der Waals surface area contributed by atoms with Gasteiger partial charge in [-0.25, -0.2) is 0 Å². The molecule has 0 aliphatic carbocycles. The Kier molecular flexibility index (Phi) is 3.60. The average molecular weight is 257 g/mol. The van der Waals surface area contributed by atoms with Gasteiger partial charge in [0.1, 0.15) is 0 Å². The van der Waals surface area contributed by atoms with Crippen molar-refractivity contribution in [2.45, 2.75) is 0 Å². The van der Waals surface area contributed by atoms with Crippen molar-refractivity contribution in [1.82, 2.24) is 0 Å². The largest absolute Gasteiger partial charge is 0.411 e. The second kappa shape index (κ2) is 5.18. The van der Waals surface area contributed by atoms with Gasteiger partial charge in [-0.1, -0.05) is 29.4 Å². The summed E-state index contributed by atoms with van der Waals surface area (Å²) in [5.74, 6) is 0. The van der Waals surface area contributed by atoms with Crippen LogP contribution in [0.1, 0.15) is 5.56 Å². The molecule has 0 saturated heterocycles. The normalized spacial score (nSPS) is 11.2. The van der Waals surface area contributed by atoms with Gasteiger partial charge in [0.25, 0.3) is 0 Å². The summed E-state index contributed by atoms with van der Waals surface area (Å²) in [4.78, 5) is 4.14. The lowest BCUT2D eigenvalue weighted by Gasteiger charge is -2.23. The minimum atomic E-state index is 0.898. The number of rotatable bonds is 3. The Bertz CT molecular complexity index is 618. The molecule has 0 heterocycles. The fraction of sp³-hybridized carbons (Fsp3) is 0.267. The van der Waals surface area contributed by atoms with Crippen molar-refractivity contribution in [2.24, 2.45) is 5.16 Å². The van der Waals surface area contributed by atoms with E-state index in [9.17, 15) is 0 Å². The highest BCUT2D eigenvalue weighted by Gasteiger charge is 2.13. The standard InChI is InChI=1S/C15H19N3O/c1-17(2)13-7-5-6-11-8-9-12(10-16-19)15(14(11)13)18(3)4/h5-10,19H,1-4H3/b16-10+. The van der Waals surface area contributed by atoms with Gasteiger partial charge in [-0.2, -0.15) is 0 Å². The van der Waals surface area contributed by atoms with Crippen LogP contribution >= 0.6 is 0 Å². The lowest BCUT2D eigenvalue weighted by molar-refractivity contribution is 0.322. The maximum absolute atomic E-state index is 8.82. The topological polar surface area (TPSA) is 39.1 Å². The first kappa shape index (κ1) is 13.2. The quantitative estimate of drug-likeness (QED) is 0.522. The number of nitrogens with zero attached hydrogens (tertiary/aromatic N) is 3. The van der Waals surface area contributed by atoms with E-state index in [0.717, 1.165) is 22.3 Å². The van der Waals surface area contributed by atoms with Crippen molar-refractivity contribution in [1.29, 1.82) is 0 Å². The molecule has 0 radical (unpaired) electrons. The summed E-state index contributed by atoms with van der Waals surface area (Å²) in [5.41, 5.74) is 3.10. The van der Waals surface area contributed by atoms with Gasteiger partial charge in [-0.05, 0) is 11.5 Å². The summed E-state index contributed by atoms with van der Waals surface area (Å²) in [6, 6.07) is 10.3. The molecule has 0 aliphatic rings. The molecule has 4 nitrogen and oxygen atoms in total. The Balaban J connectivity index is 2.89. The third kappa shape index (κ3) is 2.34. The molecule has 0 unspecified atom stereocenters. The molecular weight excluding hydrogens is 238 g/mol. The molecular formula is C15H19N3O. The molecule has 0 atom stereocenters. The van der Waals surface area contributed by atoms with Gasteiger partial charge in [0, 0.05) is 44.8 Å². The summed E-state index contributed by atoms with van der Waals surface area (Å²) >= 11 is 0. The first-order valence-electron chi connectivity index (χ1n) is 6.14. The van der Waals surface area contributed by atoms with Crippen LogP contribution in [-0.4, -0.2) is 39.6 Å².